The maximum Gasteiger partial charge on any atom is 0.147 e. The number of hydrogen-bond acceptors (Lipinski definition) is 5. The molecule has 0 radical (unpaired) electrons. The number of aromatic nitrogens is 2. The summed E-state index contributed by atoms with van der Waals surface area (Å²) >= 11 is 0. The summed E-state index contributed by atoms with van der Waals surface area (Å²) in [5.74, 6) is 0.933. The second kappa shape index (κ2) is 4.76. The molecule has 3 N–H and O–H groups in total. The largest absolute Gasteiger partial charge is 0.352 e. The minimum atomic E-state index is 0.442. The Morgan fingerprint density at radius 3 is 2.69 bits per heavy atom. The normalized spacial score (nSPS) is 25.8. The molecule has 1 aromatic rings. The summed E-state index contributed by atoms with van der Waals surface area (Å²) in [5.41, 5.74) is 6.41. The Morgan fingerprint density at radius 2 is 2.06 bits per heavy atom. The summed E-state index contributed by atoms with van der Waals surface area (Å²) < 4.78 is 0. The smallest absolute Gasteiger partial charge is 0.147 e. The van der Waals surface area contributed by atoms with Gasteiger partial charge in [-0.2, -0.15) is 0 Å². The molecule has 0 aliphatic carbocycles. The molecule has 1 aromatic heterocycles. The molecule has 16 heavy (non-hydrogen) atoms. The maximum absolute atomic E-state index is 5.57. The average Bonchev–Trinajstić information content (AvgIpc) is 2.28. The highest BCUT2D eigenvalue weighted by molar-refractivity contribution is 5.37. The first kappa shape index (κ1) is 11.3. The number of nitrogens with zero attached hydrogens (tertiary/aromatic N) is 3. The number of nitrogens with two attached hydrogens (primary N) is 1. The predicted octanol–water partition coefficient (Wildman–Crippen LogP) is 0.122. The second-order valence-corrected chi connectivity index (χ2v) is 4.45. The van der Waals surface area contributed by atoms with E-state index in [0.29, 0.717) is 18.6 Å². The molecule has 2 atom stereocenters. The molecule has 0 aromatic carbocycles. The van der Waals surface area contributed by atoms with Gasteiger partial charge in [-0.15, -0.1) is 0 Å². The summed E-state index contributed by atoms with van der Waals surface area (Å²) in [6, 6.07) is 0.958. The van der Waals surface area contributed by atoms with Crippen LogP contribution in [0.3, 0.4) is 0 Å². The van der Waals surface area contributed by atoms with Crippen molar-refractivity contribution in [3.63, 3.8) is 0 Å². The molecule has 88 valence electrons. The van der Waals surface area contributed by atoms with Crippen LogP contribution in [0.25, 0.3) is 0 Å². The molecule has 1 aliphatic rings. The lowest BCUT2D eigenvalue weighted by atomic mass is 10.1. The Morgan fingerprint density at radius 1 is 1.38 bits per heavy atom. The van der Waals surface area contributed by atoms with Gasteiger partial charge < -0.3 is 16.0 Å². The van der Waals surface area contributed by atoms with Gasteiger partial charge in [-0.05, 0) is 13.8 Å². The van der Waals surface area contributed by atoms with Crippen molar-refractivity contribution in [3.05, 3.63) is 18.1 Å². The van der Waals surface area contributed by atoms with Crippen molar-refractivity contribution in [2.45, 2.75) is 32.5 Å². The summed E-state index contributed by atoms with van der Waals surface area (Å²) in [6.45, 7) is 6.74. The molecule has 0 saturated carbocycles. The van der Waals surface area contributed by atoms with E-state index in [0.717, 1.165) is 24.6 Å². The van der Waals surface area contributed by atoms with Crippen molar-refractivity contribution >= 4 is 5.82 Å². The molecule has 0 unspecified atom stereocenters. The van der Waals surface area contributed by atoms with E-state index in [1.807, 2.05) is 6.20 Å². The molecular formula is C11H19N5. The summed E-state index contributed by atoms with van der Waals surface area (Å²) in [6.07, 6.45) is 3.53. The van der Waals surface area contributed by atoms with Crippen LogP contribution in [0.4, 0.5) is 5.82 Å². The highest BCUT2D eigenvalue weighted by atomic mass is 15.3. The van der Waals surface area contributed by atoms with Gasteiger partial charge >= 0.3 is 0 Å². The fourth-order valence-corrected chi connectivity index (χ4v) is 2.16. The van der Waals surface area contributed by atoms with Gasteiger partial charge in [-0.1, -0.05) is 0 Å². The Balaban J connectivity index is 2.16. The number of hydrogen-bond donors (Lipinski definition) is 2. The zero-order chi connectivity index (χ0) is 11.5. The Kier molecular flexibility index (Phi) is 3.36. The van der Waals surface area contributed by atoms with Crippen molar-refractivity contribution < 1.29 is 0 Å². The number of nitrogens with one attached hydrogen (secondary N) is 1. The van der Waals surface area contributed by atoms with Gasteiger partial charge in [0.25, 0.3) is 0 Å². The maximum atomic E-state index is 5.57. The molecule has 0 spiro atoms. The standard InChI is InChI=1S/C11H19N5/c1-8-6-16(7-9(2)14-8)11-5-13-4-10(3-12)15-11/h4-5,8-9,14H,3,6-7,12H2,1-2H3/t8-,9+. The van der Waals surface area contributed by atoms with Crippen LogP contribution >= 0.6 is 0 Å². The fraction of sp³-hybridized carbons (Fsp3) is 0.636. The van der Waals surface area contributed by atoms with E-state index in [-0.39, 0.29) is 0 Å². The number of piperazine rings is 1. The SMILES string of the molecule is C[C@@H]1CN(c2cncc(CN)n2)C[C@H](C)N1. The Hall–Kier alpha value is -1.20. The van der Waals surface area contributed by atoms with Gasteiger partial charge in [-0.3, -0.25) is 4.98 Å². The molecular weight excluding hydrogens is 202 g/mol. The zero-order valence-corrected chi connectivity index (χ0v) is 9.85. The van der Waals surface area contributed by atoms with Crippen molar-refractivity contribution in [1.82, 2.24) is 15.3 Å². The molecule has 5 heteroatoms. The molecule has 2 heterocycles. The van der Waals surface area contributed by atoms with Crippen LogP contribution in [0, 0.1) is 0 Å². The van der Waals surface area contributed by atoms with E-state index in [1.165, 1.54) is 0 Å². The van der Waals surface area contributed by atoms with Crippen LogP contribution < -0.4 is 16.0 Å². The van der Waals surface area contributed by atoms with E-state index >= 15 is 0 Å². The fourth-order valence-electron chi connectivity index (χ4n) is 2.16. The average molecular weight is 221 g/mol. The van der Waals surface area contributed by atoms with Crippen LogP contribution in [0.5, 0.6) is 0 Å². The van der Waals surface area contributed by atoms with Crippen molar-refractivity contribution in [3.8, 4) is 0 Å². The van der Waals surface area contributed by atoms with Crippen molar-refractivity contribution in [2.24, 2.45) is 5.73 Å². The van der Waals surface area contributed by atoms with E-state index in [1.54, 1.807) is 6.20 Å². The Bertz CT molecular complexity index is 344. The first-order valence-electron chi connectivity index (χ1n) is 5.71. The van der Waals surface area contributed by atoms with Crippen molar-refractivity contribution in [1.29, 1.82) is 0 Å². The lowest BCUT2D eigenvalue weighted by molar-refractivity contribution is 0.405. The minimum Gasteiger partial charge on any atom is -0.352 e. The second-order valence-electron chi connectivity index (χ2n) is 4.45. The molecule has 1 aliphatic heterocycles. The number of rotatable bonds is 2. The van der Waals surface area contributed by atoms with E-state index in [9.17, 15) is 0 Å². The minimum absolute atomic E-state index is 0.442. The van der Waals surface area contributed by atoms with Gasteiger partial charge in [0.05, 0.1) is 11.9 Å². The van der Waals surface area contributed by atoms with Crippen LogP contribution in [0.1, 0.15) is 19.5 Å². The topological polar surface area (TPSA) is 67.1 Å². The zero-order valence-electron chi connectivity index (χ0n) is 9.85. The van der Waals surface area contributed by atoms with Gasteiger partial charge in [0.2, 0.25) is 0 Å². The van der Waals surface area contributed by atoms with Gasteiger partial charge in [0.1, 0.15) is 5.82 Å². The highest BCUT2D eigenvalue weighted by Gasteiger charge is 2.21. The third-order valence-corrected chi connectivity index (χ3v) is 2.76. The Labute approximate surface area is 96.1 Å². The van der Waals surface area contributed by atoms with Crippen LogP contribution in [-0.2, 0) is 6.54 Å². The quantitative estimate of drug-likeness (QED) is 0.742. The lowest BCUT2D eigenvalue weighted by Gasteiger charge is -2.36. The van der Waals surface area contributed by atoms with E-state index < -0.39 is 0 Å². The molecule has 5 nitrogen and oxygen atoms in total. The van der Waals surface area contributed by atoms with Gasteiger partial charge in [0, 0.05) is 37.9 Å². The van der Waals surface area contributed by atoms with E-state index in [2.05, 4.69) is 34.0 Å². The molecule has 0 amide bonds. The summed E-state index contributed by atoms with van der Waals surface area (Å²) in [4.78, 5) is 10.9. The van der Waals surface area contributed by atoms with Gasteiger partial charge in [-0.25, -0.2) is 4.98 Å². The first-order valence-corrected chi connectivity index (χ1v) is 5.71. The molecule has 2 rings (SSSR count). The predicted molar refractivity (Wildman–Crippen MR) is 64.2 cm³/mol. The van der Waals surface area contributed by atoms with Crippen LogP contribution in [0.15, 0.2) is 12.4 Å². The third-order valence-electron chi connectivity index (χ3n) is 2.76. The van der Waals surface area contributed by atoms with E-state index in [4.69, 9.17) is 5.73 Å². The summed E-state index contributed by atoms with van der Waals surface area (Å²) in [7, 11) is 0. The van der Waals surface area contributed by atoms with Crippen LogP contribution in [-0.4, -0.2) is 35.1 Å². The van der Waals surface area contributed by atoms with Crippen molar-refractivity contribution in [2.75, 3.05) is 18.0 Å². The molecule has 1 saturated heterocycles. The molecule has 1 fully saturated rings. The summed E-state index contributed by atoms with van der Waals surface area (Å²) in [5, 5.41) is 3.49. The highest BCUT2D eigenvalue weighted by Crippen LogP contribution is 2.14. The van der Waals surface area contributed by atoms with Gasteiger partial charge in [0.15, 0.2) is 0 Å². The monoisotopic (exact) mass is 221 g/mol. The number of anilines is 1. The first-order chi connectivity index (χ1) is 7.69. The van der Waals surface area contributed by atoms with Crippen LogP contribution in [0.2, 0.25) is 0 Å². The molecule has 0 bridgehead atoms. The lowest BCUT2D eigenvalue weighted by Crippen LogP contribution is -2.54. The third kappa shape index (κ3) is 2.48.